The molecule has 1 unspecified atom stereocenters. The average molecular weight is 233 g/mol. The molecule has 1 heterocycles. The lowest BCUT2D eigenvalue weighted by Crippen LogP contribution is -2.34. The number of hydrogen-bond donors (Lipinski definition) is 1. The number of rotatable bonds is 4. The number of benzene rings is 1. The molecular weight excluding hydrogens is 218 g/mol. The fourth-order valence-corrected chi connectivity index (χ4v) is 1.76. The van der Waals surface area contributed by atoms with Crippen molar-refractivity contribution in [1.29, 1.82) is 0 Å². The van der Waals surface area contributed by atoms with Crippen molar-refractivity contribution in [3.05, 3.63) is 36.1 Å². The molecule has 0 bridgehead atoms. The summed E-state index contributed by atoms with van der Waals surface area (Å²) >= 11 is 0. The van der Waals surface area contributed by atoms with E-state index in [2.05, 4.69) is 0 Å². The van der Waals surface area contributed by atoms with Crippen LogP contribution >= 0.6 is 0 Å². The van der Waals surface area contributed by atoms with Crippen molar-refractivity contribution in [1.82, 2.24) is 0 Å². The summed E-state index contributed by atoms with van der Waals surface area (Å²) in [4.78, 5) is 11.4. The van der Waals surface area contributed by atoms with Crippen LogP contribution in [0.2, 0.25) is 0 Å². The summed E-state index contributed by atoms with van der Waals surface area (Å²) < 4.78 is 10.3. The molecule has 0 spiro atoms. The summed E-state index contributed by atoms with van der Waals surface area (Å²) in [5.74, 6) is -0.377. The van der Waals surface area contributed by atoms with Crippen molar-refractivity contribution in [3.63, 3.8) is 0 Å². The van der Waals surface area contributed by atoms with E-state index in [1.807, 2.05) is 24.3 Å². The van der Waals surface area contributed by atoms with E-state index in [0.29, 0.717) is 13.0 Å². The summed E-state index contributed by atoms with van der Waals surface area (Å²) in [5, 5.41) is 0.993. The second-order valence-electron chi connectivity index (χ2n) is 3.82. The Morgan fingerprint density at radius 1 is 1.47 bits per heavy atom. The van der Waals surface area contributed by atoms with Crippen molar-refractivity contribution in [2.75, 3.05) is 6.61 Å². The molecule has 90 valence electrons. The highest BCUT2D eigenvalue weighted by Crippen LogP contribution is 2.21. The molecule has 0 aliphatic heterocycles. The highest BCUT2D eigenvalue weighted by atomic mass is 16.5. The van der Waals surface area contributed by atoms with Crippen molar-refractivity contribution < 1.29 is 13.9 Å². The lowest BCUT2D eigenvalue weighted by molar-refractivity contribution is -0.144. The van der Waals surface area contributed by atoms with E-state index >= 15 is 0 Å². The summed E-state index contributed by atoms with van der Waals surface area (Å²) in [7, 11) is 0. The first-order valence-electron chi connectivity index (χ1n) is 5.59. The zero-order chi connectivity index (χ0) is 12.3. The normalized spacial score (nSPS) is 12.6. The lowest BCUT2D eigenvalue weighted by atomic mass is 10.1. The molecule has 1 atom stereocenters. The Morgan fingerprint density at radius 2 is 2.24 bits per heavy atom. The monoisotopic (exact) mass is 233 g/mol. The summed E-state index contributed by atoms with van der Waals surface area (Å²) in [5.41, 5.74) is 7.51. The van der Waals surface area contributed by atoms with E-state index in [-0.39, 0.29) is 5.97 Å². The first-order valence-corrected chi connectivity index (χ1v) is 5.59. The Kier molecular flexibility index (Phi) is 3.44. The maximum absolute atomic E-state index is 11.4. The van der Waals surface area contributed by atoms with Crippen LogP contribution in [0.15, 0.2) is 34.9 Å². The number of para-hydroxylation sites is 1. The summed E-state index contributed by atoms with van der Waals surface area (Å²) in [6.07, 6.45) is 2.07. The minimum atomic E-state index is -0.643. The lowest BCUT2D eigenvalue weighted by Gasteiger charge is -2.09. The zero-order valence-electron chi connectivity index (χ0n) is 9.68. The van der Waals surface area contributed by atoms with Crippen molar-refractivity contribution >= 4 is 16.9 Å². The van der Waals surface area contributed by atoms with Crippen molar-refractivity contribution in [2.24, 2.45) is 5.73 Å². The van der Waals surface area contributed by atoms with E-state index in [1.165, 1.54) is 0 Å². The van der Waals surface area contributed by atoms with Crippen LogP contribution in [0.3, 0.4) is 0 Å². The van der Waals surface area contributed by atoms with E-state index < -0.39 is 6.04 Å². The molecule has 2 rings (SSSR count). The number of furan rings is 1. The summed E-state index contributed by atoms with van der Waals surface area (Å²) in [6, 6.07) is 7.02. The van der Waals surface area contributed by atoms with Crippen molar-refractivity contribution in [2.45, 2.75) is 19.4 Å². The molecule has 1 aromatic carbocycles. The van der Waals surface area contributed by atoms with Gasteiger partial charge in [0.05, 0.1) is 12.9 Å². The average Bonchev–Trinajstić information content (AvgIpc) is 2.73. The second kappa shape index (κ2) is 5.01. The van der Waals surface area contributed by atoms with E-state index in [9.17, 15) is 4.79 Å². The molecule has 4 heteroatoms. The van der Waals surface area contributed by atoms with Gasteiger partial charge in [-0.05, 0) is 13.0 Å². The van der Waals surface area contributed by atoms with Gasteiger partial charge in [-0.2, -0.15) is 0 Å². The molecule has 0 saturated carbocycles. The number of fused-ring (bicyclic) bond motifs is 1. The van der Waals surface area contributed by atoms with Gasteiger partial charge in [-0.1, -0.05) is 18.2 Å². The Morgan fingerprint density at radius 3 is 3.00 bits per heavy atom. The standard InChI is InChI=1S/C13H15NO3/c1-2-16-13(15)11(14)7-9-8-17-12-6-4-3-5-10(9)12/h3-6,8,11H,2,7,14H2,1H3. The Labute approximate surface area is 99.3 Å². The highest BCUT2D eigenvalue weighted by molar-refractivity contribution is 5.82. The van der Waals surface area contributed by atoms with Crippen LogP contribution in [0.1, 0.15) is 12.5 Å². The van der Waals surface area contributed by atoms with Gasteiger partial charge >= 0.3 is 5.97 Å². The van der Waals surface area contributed by atoms with Gasteiger partial charge < -0.3 is 14.9 Å². The fourth-order valence-electron chi connectivity index (χ4n) is 1.76. The van der Waals surface area contributed by atoms with Gasteiger partial charge in [-0.15, -0.1) is 0 Å². The van der Waals surface area contributed by atoms with E-state index in [4.69, 9.17) is 14.9 Å². The quantitative estimate of drug-likeness (QED) is 0.819. The summed E-state index contributed by atoms with van der Waals surface area (Å²) in [6.45, 7) is 2.11. The number of nitrogens with two attached hydrogens (primary N) is 1. The Hall–Kier alpha value is -1.81. The van der Waals surface area contributed by atoms with Crippen molar-refractivity contribution in [3.8, 4) is 0 Å². The smallest absolute Gasteiger partial charge is 0.323 e. The molecule has 0 saturated heterocycles. The third-order valence-corrected chi connectivity index (χ3v) is 2.59. The number of carbonyl (C=O) groups excluding carboxylic acids is 1. The van der Waals surface area contributed by atoms with Crippen LogP contribution in [0.4, 0.5) is 0 Å². The third kappa shape index (κ3) is 2.47. The van der Waals surface area contributed by atoms with Crippen LogP contribution in [-0.2, 0) is 16.0 Å². The van der Waals surface area contributed by atoms with Crippen LogP contribution < -0.4 is 5.73 Å². The second-order valence-corrected chi connectivity index (χ2v) is 3.82. The topological polar surface area (TPSA) is 65.5 Å². The molecular formula is C13H15NO3. The van der Waals surface area contributed by atoms with Crippen LogP contribution in [0.5, 0.6) is 0 Å². The Bertz CT molecular complexity index is 518. The third-order valence-electron chi connectivity index (χ3n) is 2.59. The Balaban J connectivity index is 2.16. The van der Waals surface area contributed by atoms with Gasteiger partial charge in [0.15, 0.2) is 0 Å². The van der Waals surface area contributed by atoms with Gasteiger partial charge in [0, 0.05) is 17.4 Å². The van der Waals surface area contributed by atoms with Gasteiger partial charge in [0.25, 0.3) is 0 Å². The SMILES string of the molecule is CCOC(=O)C(N)Cc1coc2ccccc12. The first-order chi connectivity index (χ1) is 8.22. The van der Waals surface area contributed by atoms with Gasteiger partial charge in [-0.25, -0.2) is 0 Å². The molecule has 0 aliphatic rings. The molecule has 0 aliphatic carbocycles. The molecule has 0 fully saturated rings. The predicted molar refractivity (Wildman–Crippen MR) is 64.5 cm³/mol. The first kappa shape index (κ1) is 11.7. The minimum absolute atomic E-state index is 0.346. The minimum Gasteiger partial charge on any atom is -0.465 e. The molecule has 2 aromatic rings. The molecule has 0 amide bonds. The van der Waals surface area contributed by atoms with Gasteiger partial charge in [0.2, 0.25) is 0 Å². The van der Waals surface area contributed by atoms with Gasteiger partial charge in [-0.3, -0.25) is 4.79 Å². The van der Waals surface area contributed by atoms with Crippen LogP contribution in [0, 0.1) is 0 Å². The predicted octanol–water partition coefficient (Wildman–Crippen LogP) is 1.87. The van der Waals surface area contributed by atoms with Gasteiger partial charge in [0.1, 0.15) is 11.6 Å². The largest absolute Gasteiger partial charge is 0.465 e. The maximum atomic E-state index is 11.4. The van der Waals surface area contributed by atoms with Crippen LogP contribution in [-0.4, -0.2) is 18.6 Å². The molecule has 17 heavy (non-hydrogen) atoms. The number of ether oxygens (including phenoxy) is 1. The molecule has 2 N–H and O–H groups in total. The zero-order valence-corrected chi connectivity index (χ0v) is 9.68. The molecule has 1 aromatic heterocycles. The fraction of sp³-hybridized carbons (Fsp3) is 0.308. The van der Waals surface area contributed by atoms with Crippen LogP contribution in [0.25, 0.3) is 11.0 Å². The number of esters is 1. The number of carbonyl (C=O) groups is 1. The molecule has 0 radical (unpaired) electrons. The maximum Gasteiger partial charge on any atom is 0.323 e. The number of hydrogen-bond acceptors (Lipinski definition) is 4. The molecule has 4 nitrogen and oxygen atoms in total. The highest BCUT2D eigenvalue weighted by Gasteiger charge is 2.17. The van der Waals surface area contributed by atoms with E-state index in [0.717, 1.165) is 16.5 Å². The van der Waals surface area contributed by atoms with E-state index in [1.54, 1.807) is 13.2 Å².